The maximum Gasteiger partial charge on any atom is 0.258 e. The molecule has 0 spiro atoms. The third-order valence-corrected chi connectivity index (χ3v) is 6.57. The fourth-order valence-electron chi connectivity index (χ4n) is 3.69. The van der Waals surface area contributed by atoms with Gasteiger partial charge in [-0.3, -0.25) is 29.8 Å². The van der Waals surface area contributed by atoms with Crippen LogP contribution in [0.3, 0.4) is 0 Å². The van der Waals surface area contributed by atoms with E-state index in [9.17, 15) is 29.4 Å². The summed E-state index contributed by atoms with van der Waals surface area (Å²) in [6.07, 6.45) is -7.85. The zero-order valence-corrected chi connectivity index (χ0v) is 24.3. The van der Waals surface area contributed by atoms with Gasteiger partial charge < -0.3 is 31.2 Å². The van der Waals surface area contributed by atoms with E-state index in [-0.39, 0.29) is 25.0 Å². The molecule has 2 aromatic rings. The highest BCUT2D eigenvalue weighted by Gasteiger charge is 2.42. The van der Waals surface area contributed by atoms with Gasteiger partial charge in [-0.25, -0.2) is 0 Å². The maximum atomic E-state index is 13.2. The first-order valence-electron chi connectivity index (χ1n) is 13.7. The quantitative estimate of drug-likeness (QED) is 0.166. The number of hydrogen-bond donors (Lipinski definition) is 6. The van der Waals surface area contributed by atoms with Gasteiger partial charge in [-0.05, 0) is 23.0 Å². The van der Waals surface area contributed by atoms with Gasteiger partial charge in [0, 0.05) is 0 Å². The van der Waals surface area contributed by atoms with E-state index < -0.39 is 60.1 Å². The van der Waals surface area contributed by atoms with Crippen LogP contribution in [0.15, 0.2) is 60.7 Å². The molecule has 0 saturated carbocycles. The van der Waals surface area contributed by atoms with Gasteiger partial charge in [-0.15, -0.1) is 0 Å². The molecule has 0 aliphatic carbocycles. The summed E-state index contributed by atoms with van der Waals surface area (Å²) in [4.78, 5) is 51.4. The lowest BCUT2D eigenvalue weighted by atomic mass is 9.99. The number of hydrogen-bond acceptors (Lipinski definition) is 10. The van der Waals surface area contributed by atoms with E-state index in [0.29, 0.717) is 11.1 Å². The molecular weight excluding hydrogens is 544 g/mol. The van der Waals surface area contributed by atoms with E-state index in [0.717, 1.165) is 0 Å². The topological polar surface area (TPSA) is 203 Å². The highest BCUT2D eigenvalue weighted by molar-refractivity contribution is 6.01. The Morgan fingerprint density at radius 3 is 1.21 bits per heavy atom. The van der Waals surface area contributed by atoms with Gasteiger partial charge in [-0.1, -0.05) is 88.4 Å². The summed E-state index contributed by atoms with van der Waals surface area (Å²) in [5.74, 6) is -4.39. The fourth-order valence-corrected chi connectivity index (χ4v) is 3.69. The van der Waals surface area contributed by atoms with Gasteiger partial charge >= 0.3 is 0 Å². The van der Waals surface area contributed by atoms with Crippen LogP contribution in [-0.4, -0.2) is 70.3 Å². The molecule has 0 aromatic heterocycles. The van der Waals surface area contributed by atoms with E-state index >= 15 is 0 Å². The minimum absolute atomic E-state index is 0.184. The summed E-state index contributed by atoms with van der Waals surface area (Å²) in [5, 5.41) is 26.6. The highest BCUT2D eigenvalue weighted by atomic mass is 16.5. The Bertz CT molecular complexity index is 1070. The second-order valence-electron chi connectivity index (χ2n) is 10.7. The monoisotopic (exact) mass is 586 g/mol. The summed E-state index contributed by atoms with van der Waals surface area (Å²) < 4.78 is 11.3. The van der Waals surface area contributed by atoms with Gasteiger partial charge in [0.15, 0.2) is 12.2 Å². The molecule has 0 radical (unpaired) electrons. The summed E-state index contributed by atoms with van der Waals surface area (Å²) >= 11 is 0. The number of nitrogens with one attached hydrogen (secondary N) is 2. The van der Waals surface area contributed by atoms with Crippen LogP contribution in [0.2, 0.25) is 0 Å². The Morgan fingerprint density at radius 1 is 0.619 bits per heavy atom. The zero-order chi connectivity index (χ0) is 31.4. The van der Waals surface area contributed by atoms with Crippen LogP contribution < -0.4 is 22.1 Å². The van der Waals surface area contributed by atoms with Crippen molar-refractivity contribution in [1.29, 1.82) is 0 Å². The first-order valence-corrected chi connectivity index (χ1v) is 13.7. The van der Waals surface area contributed by atoms with Gasteiger partial charge in [0.1, 0.15) is 12.2 Å². The molecule has 12 nitrogen and oxygen atoms in total. The van der Waals surface area contributed by atoms with Crippen molar-refractivity contribution in [3.63, 3.8) is 0 Å². The van der Waals surface area contributed by atoms with Crippen LogP contribution in [0, 0.1) is 11.8 Å². The molecule has 2 rings (SSSR count). The predicted octanol–water partition coefficient (Wildman–Crippen LogP) is 0.131. The average Bonchev–Trinajstić information content (AvgIpc) is 2.97. The Labute approximate surface area is 245 Å². The predicted molar refractivity (Wildman–Crippen MR) is 154 cm³/mol. The van der Waals surface area contributed by atoms with Gasteiger partial charge in [-0.2, -0.15) is 0 Å². The van der Waals surface area contributed by atoms with Crippen LogP contribution in [-0.2, 0) is 41.9 Å². The number of ether oxygens (including phenoxy) is 2. The van der Waals surface area contributed by atoms with Gasteiger partial charge in [0.05, 0.1) is 25.3 Å². The minimum atomic E-state index is -2.09. The summed E-state index contributed by atoms with van der Waals surface area (Å²) in [6, 6.07) is 15.3. The number of carbonyl (C=O) groups excluding carboxylic acids is 4. The molecule has 0 aliphatic heterocycles. The summed E-state index contributed by atoms with van der Waals surface area (Å²) in [7, 11) is 0. The molecule has 6 atom stereocenters. The molecule has 0 saturated heterocycles. The molecule has 2 aromatic carbocycles. The van der Waals surface area contributed by atoms with Gasteiger partial charge in [0.25, 0.3) is 11.8 Å². The smallest absolute Gasteiger partial charge is 0.258 e. The Balaban J connectivity index is 2.34. The van der Waals surface area contributed by atoms with Crippen LogP contribution in [0.25, 0.3) is 0 Å². The van der Waals surface area contributed by atoms with Crippen LogP contribution in [0.4, 0.5) is 0 Å². The molecule has 0 unspecified atom stereocenters. The Hall–Kier alpha value is -3.52. The second kappa shape index (κ2) is 16.8. The third-order valence-electron chi connectivity index (χ3n) is 6.57. The molecule has 0 heterocycles. The Morgan fingerprint density at radius 2 is 0.929 bits per heavy atom. The van der Waals surface area contributed by atoms with Crippen LogP contribution >= 0.6 is 0 Å². The van der Waals surface area contributed by atoms with Crippen molar-refractivity contribution in [1.82, 2.24) is 10.6 Å². The maximum absolute atomic E-state index is 13.2. The fraction of sp³-hybridized carbons (Fsp3) is 0.467. The standard InChI is InChI=1S/C30H42N4O8/c1-17(2)21(31)27(37)33-29(39)25(41-15-19-11-7-5-8-12-19)23(35)24(36)26(42-16-20-13-9-6-10-14-20)30(40)34-28(38)22(32)18(3)4/h5-14,17-18,21-26,35-36H,15-16,31-32H2,1-4H3,(H,33,37,39)(H,34,38,40)/t21-,22-,23+,24+,25+,26+/m0/s1. The molecular formula is C30H42N4O8. The number of benzene rings is 2. The lowest BCUT2D eigenvalue weighted by molar-refractivity contribution is -0.171. The molecule has 0 fully saturated rings. The van der Waals surface area contributed by atoms with Crippen molar-refractivity contribution in [2.24, 2.45) is 23.3 Å². The van der Waals surface area contributed by atoms with E-state index in [2.05, 4.69) is 10.6 Å². The number of amides is 4. The zero-order valence-electron chi connectivity index (χ0n) is 24.3. The number of aliphatic hydroxyl groups is 2. The lowest BCUT2D eigenvalue weighted by Crippen LogP contribution is -2.59. The summed E-state index contributed by atoms with van der Waals surface area (Å²) in [5.41, 5.74) is 13.0. The molecule has 12 heteroatoms. The number of rotatable bonds is 15. The largest absolute Gasteiger partial charge is 0.387 e. The van der Waals surface area contributed by atoms with E-state index in [1.54, 1.807) is 88.4 Å². The molecule has 8 N–H and O–H groups in total. The van der Waals surface area contributed by atoms with Crippen LogP contribution in [0.1, 0.15) is 38.8 Å². The van der Waals surface area contributed by atoms with Crippen molar-refractivity contribution < 1.29 is 38.9 Å². The van der Waals surface area contributed by atoms with Crippen molar-refractivity contribution in [3.8, 4) is 0 Å². The number of carbonyl (C=O) groups is 4. The lowest BCUT2D eigenvalue weighted by Gasteiger charge is -2.31. The first-order chi connectivity index (χ1) is 19.8. The van der Waals surface area contributed by atoms with Crippen molar-refractivity contribution in [3.05, 3.63) is 71.8 Å². The van der Waals surface area contributed by atoms with E-state index in [4.69, 9.17) is 20.9 Å². The number of nitrogens with two attached hydrogens (primary N) is 2. The SMILES string of the molecule is CC(C)[C@H](N)C(=O)NC(=O)[C@H](OCc1ccccc1)[C@H](O)[C@@H](O)[C@@H](OCc1ccccc1)C(=O)NC(=O)[C@@H](N)C(C)C. The molecule has 230 valence electrons. The average molecular weight is 587 g/mol. The van der Waals surface area contributed by atoms with Crippen molar-refractivity contribution in [2.75, 3.05) is 0 Å². The second-order valence-corrected chi connectivity index (χ2v) is 10.7. The highest BCUT2D eigenvalue weighted by Crippen LogP contribution is 2.16. The van der Waals surface area contributed by atoms with Crippen LogP contribution in [0.5, 0.6) is 0 Å². The van der Waals surface area contributed by atoms with E-state index in [1.807, 2.05) is 0 Å². The number of aliphatic hydroxyl groups excluding tert-OH is 2. The molecule has 42 heavy (non-hydrogen) atoms. The van der Waals surface area contributed by atoms with Gasteiger partial charge in [0.2, 0.25) is 11.8 Å². The van der Waals surface area contributed by atoms with Crippen molar-refractivity contribution in [2.45, 2.75) is 77.4 Å². The third kappa shape index (κ3) is 10.4. The first kappa shape index (κ1) is 34.7. The minimum Gasteiger partial charge on any atom is -0.387 e. The Kier molecular flexibility index (Phi) is 13.9. The van der Waals surface area contributed by atoms with Crippen molar-refractivity contribution >= 4 is 23.6 Å². The number of imide groups is 2. The normalized spacial score (nSPS) is 15.8. The summed E-state index contributed by atoms with van der Waals surface area (Å²) in [6.45, 7) is 6.40. The van der Waals surface area contributed by atoms with E-state index in [1.165, 1.54) is 0 Å². The molecule has 0 aliphatic rings. The molecule has 4 amide bonds. The molecule has 0 bridgehead atoms.